The number of halogens is 2. The molecule has 0 radical (unpaired) electrons. The number of benzene rings is 1. The van der Waals surface area contributed by atoms with Crippen LogP contribution >= 0.6 is 0 Å². The van der Waals surface area contributed by atoms with Gasteiger partial charge in [0.25, 0.3) is 0 Å². The van der Waals surface area contributed by atoms with Crippen LogP contribution in [0.2, 0.25) is 0 Å². The zero-order chi connectivity index (χ0) is 14.4. The minimum Gasteiger partial charge on any atom is -0.310 e. The molecule has 110 valence electrons. The summed E-state index contributed by atoms with van der Waals surface area (Å²) >= 11 is 0. The molecule has 0 saturated carbocycles. The van der Waals surface area contributed by atoms with Crippen LogP contribution in [0.25, 0.3) is 0 Å². The molecule has 1 N–H and O–H groups in total. The van der Waals surface area contributed by atoms with Gasteiger partial charge in [-0.25, -0.2) is 8.78 Å². The van der Waals surface area contributed by atoms with Crippen LogP contribution in [0.1, 0.15) is 57.1 Å². The molecular formula is C17H23F2N. The van der Waals surface area contributed by atoms with E-state index in [1.54, 1.807) is 0 Å². The Bertz CT molecular complexity index is 448. The van der Waals surface area contributed by atoms with Gasteiger partial charge in [0.15, 0.2) is 0 Å². The summed E-state index contributed by atoms with van der Waals surface area (Å²) in [4.78, 5) is 0. The molecule has 0 aliphatic heterocycles. The molecule has 1 unspecified atom stereocenters. The molecule has 3 heteroatoms. The molecule has 0 saturated heterocycles. The maximum Gasteiger partial charge on any atom is 0.126 e. The summed E-state index contributed by atoms with van der Waals surface area (Å²) in [7, 11) is 0. The average molecular weight is 279 g/mol. The molecule has 0 bridgehead atoms. The molecule has 1 atom stereocenters. The second kappa shape index (κ2) is 7.53. The quantitative estimate of drug-likeness (QED) is 0.731. The lowest BCUT2D eigenvalue weighted by atomic mass is 9.91. The summed E-state index contributed by atoms with van der Waals surface area (Å²) < 4.78 is 26.8. The number of hydrogen-bond acceptors (Lipinski definition) is 1. The van der Waals surface area contributed by atoms with Gasteiger partial charge in [0.1, 0.15) is 11.6 Å². The predicted octanol–water partition coefficient (Wildman–Crippen LogP) is 4.90. The van der Waals surface area contributed by atoms with E-state index >= 15 is 0 Å². The van der Waals surface area contributed by atoms with Gasteiger partial charge < -0.3 is 5.32 Å². The number of hydrogen-bond donors (Lipinski definition) is 1. The van der Waals surface area contributed by atoms with Crippen LogP contribution in [0, 0.1) is 11.6 Å². The Morgan fingerprint density at radius 1 is 1.15 bits per heavy atom. The van der Waals surface area contributed by atoms with Crippen molar-refractivity contribution in [2.45, 2.75) is 51.5 Å². The first-order valence-corrected chi connectivity index (χ1v) is 7.56. The van der Waals surface area contributed by atoms with E-state index in [-0.39, 0.29) is 6.04 Å². The number of rotatable bonds is 6. The van der Waals surface area contributed by atoms with Crippen molar-refractivity contribution in [2.24, 2.45) is 0 Å². The van der Waals surface area contributed by atoms with E-state index in [2.05, 4.69) is 18.3 Å². The first kappa shape index (κ1) is 15.2. The smallest absolute Gasteiger partial charge is 0.126 e. The highest BCUT2D eigenvalue weighted by atomic mass is 19.1. The molecule has 1 aliphatic rings. The van der Waals surface area contributed by atoms with Crippen molar-refractivity contribution < 1.29 is 8.78 Å². The first-order chi connectivity index (χ1) is 9.69. The van der Waals surface area contributed by atoms with Crippen LogP contribution < -0.4 is 5.32 Å². The number of nitrogens with one attached hydrogen (secondary N) is 1. The molecule has 1 aliphatic carbocycles. The van der Waals surface area contributed by atoms with Gasteiger partial charge in [-0.05, 0) is 62.8 Å². The Hall–Kier alpha value is -1.22. The van der Waals surface area contributed by atoms with Crippen molar-refractivity contribution >= 4 is 0 Å². The van der Waals surface area contributed by atoms with Crippen molar-refractivity contribution in [3.63, 3.8) is 0 Å². The fraction of sp³-hybridized carbons (Fsp3) is 0.529. The maximum atomic E-state index is 13.4. The van der Waals surface area contributed by atoms with E-state index in [0.29, 0.717) is 5.56 Å². The highest BCUT2D eigenvalue weighted by Gasteiger charge is 2.16. The third-order valence-electron chi connectivity index (χ3n) is 3.78. The highest BCUT2D eigenvalue weighted by Crippen LogP contribution is 2.28. The van der Waals surface area contributed by atoms with Gasteiger partial charge in [-0.1, -0.05) is 18.6 Å². The molecule has 1 nitrogen and oxygen atoms in total. The van der Waals surface area contributed by atoms with E-state index in [9.17, 15) is 8.78 Å². The molecule has 0 fully saturated rings. The molecule has 1 aromatic carbocycles. The zero-order valence-corrected chi connectivity index (χ0v) is 12.1. The topological polar surface area (TPSA) is 12.0 Å². The van der Waals surface area contributed by atoms with Crippen LogP contribution in [0.5, 0.6) is 0 Å². The van der Waals surface area contributed by atoms with Crippen LogP contribution in [0.4, 0.5) is 8.78 Å². The second-order valence-corrected chi connectivity index (χ2v) is 5.52. The normalized spacial score (nSPS) is 16.9. The van der Waals surface area contributed by atoms with Gasteiger partial charge in [0.05, 0.1) is 0 Å². The third kappa shape index (κ3) is 4.41. The van der Waals surface area contributed by atoms with Gasteiger partial charge in [0, 0.05) is 12.1 Å². The fourth-order valence-corrected chi connectivity index (χ4v) is 2.76. The third-order valence-corrected chi connectivity index (χ3v) is 3.78. The lowest BCUT2D eigenvalue weighted by molar-refractivity contribution is 0.501. The summed E-state index contributed by atoms with van der Waals surface area (Å²) in [6.45, 7) is 2.95. The molecule has 20 heavy (non-hydrogen) atoms. The average Bonchev–Trinajstić information content (AvgIpc) is 2.43. The predicted molar refractivity (Wildman–Crippen MR) is 78.6 cm³/mol. The zero-order valence-electron chi connectivity index (χ0n) is 12.1. The van der Waals surface area contributed by atoms with E-state index in [1.165, 1.54) is 30.5 Å². The second-order valence-electron chi connectivity index (χ2n) is 5.52. The lowest BCUT2D eigenvalue weighted by Crippen LogP contribution is -2.23. The van der Waals surface area contributed by atoms with E-state index < -0.39 is 11.6 Å². The summed E-state index contributed by atoms with van der Waals surface area (Å²) in [5, 5.41) is 3.41. The molecule has 0 aromatic heterocycles. The Kier molecular flexibility index (Phi) is 5.72. The minimum atomic E-state index is -0.499. The molecule has 2 rings (SSSR count). The van der Waals surface area contributed by atoms with Crippen LogP contribution in [0.15, 0.2) is 29.8 Å². The molecule has 0 heterocycles. The molecule has 0 amide bonds. The Morgan fingerprint density at radius 2 is 1.90 bits per heavy atom. The SMILES string of the molecule is CCCNC(CC1=CCCCC1)c1cc(F)cc(F)c1. The highest BCUT2D eigenvalue weighted by molar-refractivity contribution is 5.24. The first-order valence-electron chi connectivity index (χ1n) is 7.56. The van der Waals surface area contributed by atoms with E-state index in [1.807, 2.05) is 0 Å². The van der Waals surface area contributed by atoms with Crippen LogP contribution in [0.3, 0.4) is 0 Å². The molecular weight excluding hydrogens is 256 g/mol. The number of allylic oxidation sites excluding steroid dienone is 1. The van der Waals surface area contributed by atoms with Crippen LogP contribution in [-0.4, -0.2) is 6.54 Å². The van der Waals surface area contributed by atoms with Gasteiger partial charge in [-0.15, -0.1) is 0 Å². The Morgan fingerprint density at radius 3 is 2.50 bits per heavy atom. The summed E-state index contributed by atoms with van der Waals surface area (Å²) in [5.74, 6) is -0.998. The monoisotopic (exact) mass is 279 g/mol. The van der Waals surface area contributed by atoms with Gasteiger partial charge in [-0.2, -0.15) is 0 Å². The standard InChI is InChI=1S/C17H23F2N/c1-2-8-20-17(9-13-6-4-3-5-7-13)14-10-15(18)12-16(19)11-14/h6,10-12,17,20H,2-5,7-9H2,1H3. The summed E-state index contributed by atoms with van der Waals surface area (Å²) in [6.07, 6.45) is 8.88. The maximum absolute atomic E-state index is 13.4. The molecule has 0 spiro atoms. The Balaban J connectivity index is 2.15. The van der Waals surface area contributed by atoms with Crippen molar-refractivity contribution in [2.75, 3.05) is 6.54 Å². The largest absolute Gasteiger partial charge is 0.310 e. The lowest BCUT2D eigenvalue weighted by Gasteiger charge is -2.22. The van der Waals surface area contributed by atoms with Gasteiger partial charge >= 0.3 is 0 Å². The van der Waals surface area contributed by atoms with Gasteiger partial charge in [0.2, 0.25) is 0 Å². The van der Waals surface area contributed by atoms with Gasteiger partial charge in [-0.3, -0.25) is 0 Å². The Labute approximate surface area is 120 Å². The summed E-state index contributed by atoms with van der Waals surface area (Å²) in [6, 6.07) is 3.82. The van der Waals surface area contributed by atoms with Crippen molar-refractivity contribution in [1.82, 2.24) is 5.32 Å². The summed E-state index contributed by atoms with van der Waals surface area (Å²) in [5.41, 5.74) is 2.12. The minimum absolute atomic E-state index is 0.00417. The van der Waals surface area contributed by atoms with E-state index in [4.69, 9.17) is 0 Å². The van der Waals surface area contributed by atoms with E-state index in [0.717, 1.165) is 38.3 Å². The van der Waals surface area contributed by atoms with Crippen molar-refractivity contribution in [3.8, 4) is 0 Å². The van der Waals surface area contributed by atoms with Crippen molar-refractivity contribution in [3.05, 3.63) is 47.0 Å². The molecule has 1 aromatic rings. The van der Waals surface area contributed by atoms with Crippen molar-refractivity contribution in [1.29, 1.82) is 0 Å². The fourth-order valence-electron chi connectivity index (χ4n) is 2.76. The van der Waals surface area contributed by atoms with Crippen LogP contribution in [-0.2, 0) is 0 Å².